The van der Waals surface area contributed by atoms with Crippen LogP contribution in [0.2, 0.25) is 0 Å². The summed E-state index contributed by atoms with van der Waals surface area (Å²) >= 11 is -6.92. The summed E-state index contributed by atoms with van der Waals surface area (Å²) in [6.45, 7) is 0. The van der Waals surface area contributed by atoms with Gasteiger partial charge >= 0.3 is 162 Å². The molecule has 2 rings (SSSR count). The second kappa shape index (κ2) is 8.41. The van der Waals surface area contributed by atoms with Crippen LogP contribution in [0.1, 0.15) is 0 Å². The van der Waals surface area contributed by atoms with E-state index < -0.39 is 57.2 Å². The number of halogens is 10. The monoisotopic (exact) mass is 536 g/mol. The Hall–Kier alpha value is -1.98. The molecule has 29 heavy (non-hydrogen) atoms. The van der Waals surface area contributed by atoms with Gasteiger partial charge < -0.3 is 0 Å². The van der Waals surface area contributed by atoms with Crippen LogP contribution < -0.4 is 7.16 Å². The number of rotatable bonds is 4. The maximum absolute atomic E-state index is 15.1. The van der Waals surface area contributed by atoms with Crippen molar-refractivity contribution in [3.63, 3.8) is 0 Å². The molecule has 0 atom stereocenters. The molecule has 0 heterocycles. The molecule has 2 aromatic carbocycles. The van der Waals surface area contributed by atoms with E-state index in [0.717, 1.165) is 48.5 Å². The second-order valence-corrected chi connectivity index (χ2v) is 15.8. The quantitative estimate of drug-likeness (QED) is 0.346. The molecular weight excluding hydrogens is 525 g/mol. The van der Waals surface area contributed by atoms with Gasteiger partial charge in [0.1, 0.15) is 0 Å². The van der Waals surface area contributed by atoms with Gasteiger partial charge in [0.15, 0.2) is 0 Å². The third-order valence-electron chi connectivity index (χ3n) is 3.96. The fraction of sp³-hybridized carbons (Fsp3) is 0.111. The van der Waals surface area contributed by atoms with Crippen molar-refractivity contribution < 1.29 is 43.9 Å². The third-order valence-corrected chi connectivity index (χ3v) is 15.8. The molecule has 0 nitrogen and oxygen atoms in total. The summed E-state index contributed by atoms with van der Waals surface area (Å²) in [6.07, 6.45) is -11.9. The molecule has 0 aliphatic rings. The van der Waals surface area contributed by atoms with Crippen molar-refractivity contribution in [1.29, 1.82) is 0 Å². The van der Waals surface area contributed by atoms with Crippen LogP contribution in [-0.2, 0) is 0 Å². The van der Waals surface area contributed by atoms with Crippen molar-refractivity contribution in [2.45, 2.75) is 12.4 Å². The van der Waals surface area contributed by atoms with E-state index in [4.69, 9.17) is 0 Å². The zero-order valence-corrected chi connectivity index (χ0v) is 16.9. The normalized spacial score (nSPS) is 15.0. The molecule has 0 aliphatic heterocycles. The van der Waals surface area contributed by atoms with Crippen LogP contribution in [0.4, 0.5) is 43.9 Å². The van der Waals surface area contributed by atoms with E-state index in [0.29, 0.717) is 0 Å². The minimum absolute atomic E-state index is 0.679. The number of benzene rings is 2. The molecule has 0 aromatic heterocycles. The summed E-state index contributed by atoms with van der Waals surface area (Å²) < 4.78 is 128. The van der Waals surface area contributed by atoms with Gasteiger partial charge in [0.05, 0.1) is 0 Å². The Labute approximate surface area is 162 Å². The van der Waals surface area contributed by atoms with Crippen molar-refractivity contribution in [1.82, 2.24) is 0 Å². The zero-order valence-electron chi connectivity index (χ0n) is 14.1. The molecule has 0 fully saturated rings. The van der Waals surface area contributed by atoms with Crippen LogP contribution in [0, 0.1) is 0 Å². The van der Waals surface area contributed by atoms with Crippen molar-refractivity contribution in [2.75, 3.05) is 0 Å². The first-order valence-electron chi connectivity index (χ1n) is 7.71. The van der Waals surface area contributed by atoms with Crippen molar-refractivity contribution in [3.05, 3.63) is 80.0 Å². The molecule has 11 heteroatoms. The fourth-order valence-corrected chi connectivity index (χ4v) is 13.8. The average Bonchev–Trinajstić information content (AvgIpc) is 2.67. The number of hydrogen-bond donors (Lipinski definition) is 0. The molecule has 0 radical (unpaired) electrons. The van der Waals surface area contributed by atoms with Crippen molar-refractivity contribution in [2.24, 2.45) is 0 Å². The summed E-state index contributed by atoms with van der Waals surface area (Å²) in [5, 5.41) is 0. The molecule has 0 bridgehead atoms. The molecule has 2 aromatic rings. The van der Waals surface area contributed by atoms with Gasteiger partial charge in [-0.05, 0) is 0 Å². The van der Waals surface area contributed by atoms with Gasteiger partial charge in [-0.1, -0.05) is 0 Å². The van der Waals surface area contributed by atoms with E-state index in [-0.39, 0.29) is 0 Å². The minimum atomic E-state index is -6.92. The van der Waals surface area contributed by atoms with Gasteiger partial charge in [0.2, 0.25) is 0 Å². The van der Waals surface area contributed by atoms with Crippen LogP contribution in [0.25, 0.3) is 0 Å². The van der Waals surface area contributed by atoms with Gasteiger partial charge in [-0.25, -0.2) is 0 Å². The van der Waals surface area contributed by atoms with Crippen LogP contribution >= 0.6 is 0 Å². The number of alkyl halides is 6. The Morgan fingerprint density at radius 2 is 0.793 bits per heavy atom. The van der Waals surface area contributed by atoms with E-state index in [9.17, 15) is 35.1 Å². The first-order chi connectivity index (χ1) is 13.3. The number of hydrogen-bond acceptors (Lipinski definition) is 0. The van der Waals surface area contributed by atoms with Gasteiger partial charge in [-0.3, -0.25) is 0 Å². The van der Waals surface area contributed by atoms with Gasteiger partial charge in [-0.15, -0.1) is 0 Å². The summed E-state index contributed by atoms with van der Waals surface area (Å²) in [4.78, 5) is 0. The molecular formula is C18H10F10Sn. The number of allylic oxidation sites excluding steroid dienone is 2. The summed E-state index contributed by atoms with van der Waals surface area (Å²) in [5.74, 6) is -6.79. The Kier molecular flexibility index (Phi) is 6.75. The van der Waals surface area contributed by atoms with Crippen molar-refractivity contribution >= 4 is 25.5 Å². The first-order valence-corrected chi connectivity index (χ1v) is 13.4. The summed E-state index contributed by atoms with van der Waals surface area (Å²) in [5.41, 5.74) is 0. The Morgan fingerprint density at radius 1 is 0.517 bits per heavy atom. The Balaban J connectivity index is 3.12. The van der Waals surface area contributed by atoms with Crippen LogP contribution in [-0.4, -0.2) is 30.7 Å². The molecule has 0 saturated carbocycles. The van der Waals surface area contributed by atoms with E-state index in [1.165, 1.54) is 12.1 Å². The molecule has 0 saturated heterocycles. The van der Waals surface area contributed by atoms with Gasteiger partial charge in [0.25, 0.3) is 0 Å². The van der Waals surface area contributed by atoms with E-state index in [2.05, 4.69) is 0 Å². The Bertz CT molecular complexity index is 834. The average molecular weight is 535 g/mol. The second-order valence-electron chi connectivity index (χ2n) is 5.73. The van der Waals surface area contributed by atoms with Crippen molar-refractivity contribution in [3.8, 4) is 0 Å². The van der Waals surface area contributed by atoms with E-state index in [1.54, 1.807) is 0 Å². The SMILES string of the molecule is F/C(=[C](/F)[Sn](/[C](F)=C(\F)C(F)(F)F)([c]1ccccc1)[c]1ccccc1)C(F)(F)F. The van der Waals surface area contributed by atoms with Crippen LogP contribution in [0.3, 0.4) is 0 Å². The van der Waals surface area contributed by atoms with E-state index in [1.807, 2.05) is 0 Å². The molecule has 0 N–H and O–H groups in total. The molecule has 156 valence electrons. The third kappa shape index (κ3) is 4.46. The predicted octanol–water partition coefficient (Wildman–Crippen LogP) is 5.75. The van der Waals surface area contributed by atoms with Crippen LogP contribution in [0.5, 0.6) is 0 Å². The maximum atomic E-state index is 15.1. The molecule has 0 aliphatic carbocycles. The van der Waals surface area contributed by atoms with Crippen LogP contribution in [0.15, 0.2) is 80.0 Å². The summed E-state index contributed by atoms with van der Waals surface area (Å²) in [7, 11) is 0. The first kappa shape index (κ1) is 23.3. The molecule has 0 amide bonds. The predicted molar refractivity (Wildman–Crippen MR) is 88.5 cm³/mol. The standard InChI is InChI=1S/2C6H5.2C3F5.Sn/c2*1-2-4-6-5-3-1;2*4-1-2(5)3(6,7)8;/h2*1-5H;;;. The topological polar surface area (TPSA) is 0 Å². The summed E-state index contributed by atoms with van der Waals surface area (Å²) in [6, 6.07) is 10.3. The van der Waals surface area contributed by atoms with Gasteiger partial charge in [-0.2, -0.15) is 0 Å². The fourth-order valence-electron chi connectivity index (χ4n) is 2.72. The zero-order chi connectivity index (χ0) is 22.0. The Morgan fingerprint density at radius 3 is 1.03 bits per heavy atom. The van der Waals surface area contributed by atoms with E-state index >= 15 is 8.78 Å². The van der Waals surface area contributed by atoms with Gasteiger partial charge in [0, 0.05) is 0 Å². The molecule has 0 spiro atoms. The molecule has 0 unspecified atom stereocenters.